The summed E-state index contributed by atoms with van der Waals surface area (Å²) in [5.74, 6) is 0.564. The highest BCUT2D eigenvalue weighted by Crippen LogP contribution is 2.33. The van der Waals surface area contributed by atoms with Crippen molar-refractivity contribution in [2.24, 2.45) is 0 Å². The molecule has 0 heterocycles. The number of methoxy groups -OCH3 is 2. The zero-order valence-corrected chi connectivity index (χ0v) is 17.6. The van der Waals surface area contributed by atoms with Gasteiger partial charge in [0, 0.05) is 7.11 Å². The Morgan fingerprint density at radius 3 is 2.62 bits per heavy atom. The van der Waals surface area contributed by atoms with Crippen molar-refractivity contribution < 1.29 is 24.8 Å². The summed E-state index contributed by atoms with van der Waals surface area (Å²) in [6.07, 6.45) is 4.02. The van der Waals surface area contributed by atoms with Crippen LogP contribution in [0.15, 0.2) is 41.5 Å². The zero-order chi connectivity index (χ0) is 19.7. The standard InChI is InChI=1S/C20H27IO5/c1-13(9-15-10-17(21)20(24)19(11-15)26-4)5-6-18(23)16(7-8-22)14(2)12-25-3/h7,9-11,18,22-24H,2,5-6,8,12H2,1,3-4H3/b13-9+,16-7-. The molecule has 1 rings (SSSR count). The predicted molar refractivity (Wildman–Crippen MR) is 112 cm³/mol. The number of halogens is 1. The van der Waals surface area contributed by atoms with Crippen molar-refractivity contribution in [3.63, 3.8) is 0 Å². The van der Waals surface area contributed by atoms with Crippen LogP contribution in [0.4, 0.5) is 0 Å². The third-order valence-corrected chi connectivity index (χ3v) is 4.72. The molecule has 0 amide bonds. The summed E-state index contributed by atoms with van der Waals surface area (Å²) in [5, 5.41) is 29.5. The van der Waals surface area contributed by atoms with Gasteiger partial charge in [-0.25, -0.2) is 0 Å². The Morgan fingerprint density at radius 1 is 1.35 bits per heavy atom. The Balaban J connectivity index is 2.82. The quantitative estimate of drug-likeness (QED) is 0.356. The highest BCUT2D eigenvalue weighted by atomic mass is 127. The van der Waals surface area contributed by atoms with E-state index in [4.69, 9.17) is 14.6 Å². The summed E-state index contributed by atoms with van der Waals surface area (Å²) in [6, 6.07) is 3.64. The molecule has 0 radical (unpaired) electrons. The van der Waals surface area contributed by atoms with E-state index in [0.29, 0.717) is 39.9 Å². The minimum Gasteiger partial charge on any atom is -0.504 e. The van der Waals surface area contributed by atoms with Crippen molar-refractivity contribution in [3.05, 3.63) is 50.6 Å². The van der Waals surface area contributed by atoms with Gasteiger partial charge in [-0.05, 0) is 71.2 Å². The van der Waals surface area contributed by atoms with Gasteiger partial charge >= 0.3 is 0 Å². The molecule has 0 aliphatic rings. The summed E-state index contributed by atoms with van der Waals surface area (Å²) in [5.41, 5.74) is 3.27. The number of hydrogen-bond acceptors (Lipinski definition) is 5. The van der Waals surface area contributed by atoms with Crippen LogP contribution in [0.5, 0.6) is 11.5 Å². The van der Waals surface area contributed by atoms with Crippen LogP contribution in [0.1, 0.15) is 25.3 Å². The fraction of sp³-hybridized carbons (Fsp3) is 0.400. The number of ether oxygens (including phenoxy) is 2. The third kappa shape index (κ3) is 6.75. The lowest BCUT2D eigenvalue weighted by molar-refractivity contribution is 0.190. The van der Waals surface area contributed by atoms with E-state index < -0.39 is 6.10 Å². The van der Waals surface area contributed by atoms with E-state index in [2.05, 4.69) is 29.2 Å². The van der Waals surface area contributed by atoms with Crippen LogP contribution in [0.25, 0.3) is 6.08 Å². The number of phenols is 1. The van der Waals surface area contributed by atoms with Gasteiger partial charge < -0.3 is 24.8 Å². The van der Waals surface area contributed by atoms with E-state index >= 15 is 0 Å². The summed E-state index contributed by atoms with van der Waals surface area (Å²) in [7, 11) is 3.08. The fourth-order valence-electron chi connectivity index (χ4n) is 2.58. The van der Waals surface area contributed by atoms with E-state index in [1.165, 1.54) is 7.11 Å². The number of benzene rings is 1. The van der Waals surface area contributed by atoms with E-state index in [1.54, 1.807) is 19.3 Å². The summed E-state index contributed by atoms with van der Waals surface area (Å²) in [4.78, 5) is 0. The maximum atomic E-state index is 10.4. The van der Waals surface area contributed by atoms with Crippen molar-refractivity contribution >= 4 is 28.7 Å². The van der Waals surface area contributed by atoms with Crippen molar-refractivity contribution in [1.82, 2.24) is 0 Å². The highest BCUT2D eigenvalue weighted by molar-refractivity contribution is 14.1. The van der Waals surface area contributed by atoms with Crippen molar-refractivity contribution in [2.75, 3.05) is 27.4 Å². The Hall–Kier alpha value is -1.35. The average Bonchev–Trinajstić information content (AvgIpc) is 2.60. The van der Waals surface area contributed by atoms with E-state index in [0.717, 1.165) is 11.1 Å². The maximum absolute atomic E-state index is 10.4. The molecule has 5 nitrogen and oxygen atoms in total. The molecule has 0 bridgehead atoms. The van der Waals surface area contributed by atoms with Gasteiger partial charge in [0.05, 0.1) is 30.0 Å². The molecule has 0 aliphatic carbocycles. The Labute approximate surface area is 168 Å². The Morgan fingerprint density at radius 2 is 2.04 bits per heavy atom. The molecule has 0 fully saturated rings. The second-order valence-corrected chi connectivity index (χ2v) is 7.14. The van der Waals surface area contributed by atoms with Gasteiger partial charge in [-0.2, -0.15) is 0 Å². The number of allylic oxidation sites excluding steroid dienone is 1. The monoisotopic (exact) mass is 474 g/mol. The van der Waals surface area contributed by atoms with Crippen molar-refractivity contribution in [3.8, 4) is 11.5 Å². The molecule has 0 saturated heterocycles. The Bertz CT molecular complexity index is 679. The second kappa shape index (κ2) is 11.4. The largest absolute Gasteiger partial charge is 0.504 e. The minimum atomic E-state index is -0.720. The van der Waals surface area contributed by atoms with Crippen LogP contribution in [-0.2, 0) is 4.74 Å². The van der Waals surface area contributed by atoms with Crippen molar-refractivity contribution in [1.29, 1.82) is 0 Å². The fourth-order valence-corrected chi connectivity index (χ4v) is 3.21. The molecule has 1 aromatic rings. The smallest absolute Gasteiger partial charge is 0.171 e. The summed E-state index contributed by atoms with van der Waals surface area (Å²) in [6.45, 7) is 6.04. The number of hydrogen-bond donors (Lipinski definition) is 3. The van der Waals surface area contributed by atoms with Crippen LogP contribution >= 0.6 is 22.6 Å². The summed E-state index contributed by atoms with van der Waals surface area (Å²) >= 11 is 2.06. The third-order valence-electron chi connectivity index (χ3n) is 3.89. The SMILES string of the molecule is C=C(COC)/C(=C/CO)C(O)CC/C(C)=C/c1cc(I)c(O)c(OC)c1. The van der Waals surface area contributed by atoms with Crippen LogP contribution in [0, 0.1) is 3.57 Å². The number of phenolic OH excluding ortho intramolecular Hbond substituents is 1. The topological polar surface area (TPSA) is 79.2 Å². The molecule has 1 unspecified atom stereocenters. The number of aromatic hydroxyl groups is 1. The molecule has 26 heavy (non-hydrogen) atoms. The van der Waals surface area contributed by atoms with Crippen LogP contribution in [0.3, 0.4) is 0 Å². The molecular weight excluding hydrogens is 447 g/mol. The van der Waals surface area contributed by atoms with Gasteiger partial charge in [-0.15, -0.1) is 0 Å². The molecule has 0 saturated carbocycles. The number of aliphatic hydroxyl groups is 2. The van der Waals surface area contributed by atoms with Gasteiger partial charge in [-0.1, -0.05) is 24.3 Å². The van der Waals surface area contributed by atoms with Crippen LogP contribution in [0.2, 0.25) is 0 Å². The van der Waals surface area contributed by atoms with E-state index in [1.807, 2.05) is 19.1 Å². The Kier molecular flexibility index (Phi) is 9.93. The average molecular weight is 474 g/mol. The van der Waals surface area contributed by atoms with Gasteiger partial charge in [0.15, 0.2) is 11.5 Å². The highest BCUT2D eigenvalue weighted by Gasteiger charge is 2.14. The molecule has 6 heteroatoms. The number of rotatable bonds is 10. The molecule has 3 N–H and O–H groups in total. The normalized spacial score (nSPS) is 13.6. The van der Waals surface area contributed by atoms with Gasteiger partial charge in [0.1, 0.15) is 0 Å². The first-order valence-electron chi connectivity index (χ1n) is 8.23. The van der Waals surface area contributed by atoms with E-state index in [9.17, 15) is 10.2 Å². The lowest BCUT2D eigenvalue weighted by atomic mass is 9.96. The molecule has 0 aromatic heterocycles. The molecule has 1 atom stereocenters. The van der Waals surface area contributed by atoms with Gasteiger partial charge in [0.2, 0.25) is 0 Å². The predicted octanol–water partition coefficient (Wildman–Crippen LogP) is 3.67. The summed E-state index contributed by atoms with van der Waals surface area (Å²) < 4.78 is 10.9. The lowest BCUT2D eigenvalue weighted by Crippen LogP contribution is -2.15. The zero-order valence-electron chi connectivity index (χ0n) is 15.5. The van der Waals surface area contributed by atoms with Crippen LogP contribution < -0.4 is 4.74 Å². The first-order valence-corrected chi connectivity index (χ1v) is 9.31. The molecule has 144 valence electrons. The molecule has 1 aromatic carbocycles. The van der Waals surface area contributed by atoms with Crippen LogP contribution in [-0.4, -0.2) is 48.9 Å². The molecular formula is C20H27IO5. The first kappa shape index (κ1) is 22.7. The lowest BCUT2D eigenvalue weighted by Gasteiger charge is -2.17. The minimum absolute atomic E-state index is 0.133. The van der Waals surface area contributed by atoms with Gasteiger partial charge in [0.25, 0.3) is 0 Å². The second-order valence-electron chi connectivity index (χ2n) is 5.98. The van der Waals surface area contributed by atoms with Gasteiger partial charge in [-0.3, -0.25) is 0 Å². The molecule has 0 aliphatic heterocycles. The van der Waals surface area contributed by atoms with Crippen molar-refractivity contribution in [2.45, 2.75) is 25.9 Å². The maximum Gasteiger partial charge on any atom is 0.171 e. The first-order chi connectivity index (χ1) is 12.3. The number of aliphatic hydroxyl groups excluding tert-OH is 2. The molecule has 0 spiro atoms. The van der Waals surface area contributed by atoms with E-state index in [-0.39, 0.29) is 12.4 Å².